The van der Waals surface area contributed by atoms with Crippen molar-refractivity contribution in [1.29, 1.82) is 0 Å². The molecule has 1 aromatic carbocycles. The van der Waals surface area contributed by atoms with E-state index in [1.165, 1.54) is 7.11 Å². The van der Waals surface area contributed by atoms with Gasteiger partial charge in [0.1, 0.15) is 11.2 Å². The second-order valence-corrected chi connectivity index (χ2v) is 7.61. The van der Waals surface area contributed by atoms with Crippen molar-refractivity contribution in [3.63, 3.8) is 0 Å². The molecule has 4 bridgehead atoms. The predicted molar refractivity (Wildman–Crippen MR) is 113 cm³/mol. The highest BCUT2D eigenvalue weighted by Crippen LogP contribution is 2.29. The Labute approximate surface area is 177 Å². The summed E-state index contributed by atoms with van der Waals surface area (Å²) in [4.78, 5) is 22.0. The van der Waals surface area contributed by atoms with Crippen LogP contribution in [-0.2, 0) is 18.4 Å². The maximum atomic E-state index is 13.0. The quantitative estimate of drug-likeness (QED) is 0.476. The molecular formula is C20H22N8O3. The molecule has 31 heavy (non-hydrogen) atoms. The maximum Gasteiger partial charge on any atom is 0.270 e. The third-order valence-electron chi connectivity index (χ3n) is 5.21. The van der Waals surface area contributed by atoms with Crippen LogP contribution in [0, 0.1) is 6.92 Å². The number of methoxy groups -OCH3 is 1. The minimum Gasteiger partial charge on any atom is -0.478 e. The number of benzene rings is 1. The van der Waals surface area contributed by atoms with E-state index in [0.29, 0.717) is 47.5 Å². The third kappa shape index (κ3) is 3.22. The van der Waals surface area contributed by atoms with E-state index in [-0.39, 0.29) is 11.9 Å². The topological polar surface area (TPSA) is 120 Å². The van der Waals surface area contributed by atoms with Gasteiger partial charge in [-0.2, -0.15) is 4.98 Å². The lowest BCUT2D eigenvalue weighted by Crippen LogP contribution is -2.36. The van der Waals surface area contributed by atoms with Crippen LogP contribution in [-0.4, -0.2) is 55.0 Å². The van der Waals surface area contributed by atoms with Gasteiger partial charge in [-0.05, 0) is 31.5 Å². The fourth-order valence-electron chi connectivity index (χ4n) is 3.80. The fourth-order valence-corrected chi connectivity index (χ4v) is 3.80. The molecule has 0 unspecified atom stereocenters. The highest BCUT2D eigenvalue weighted by Gasteiger charge is 2.23. The average molecular weight is 422 g/mol. The minimum absolute atomic E-state index is 0.191. The number of carbonyl (C=O) groups excluding carboxylic acids is 1. The van der Waals surface area contributed by atoms with E-state index in [4.69, 9.17) is 9.47 Å². The zero-order valence-corrected chi connectivity index (χ0v) is 17.6. The van der Waals surface area contributed by atoms with Crippen molar-refractivity contribution in [2.24, 2.45) is 7.05 Å². The van der Waals surface area contributed by atoms with Crippen molar-refractivity contribution in [3.05, 3.63) is 35.3 Å². The average Bonchev–Trinajstić information content (AvgIpc) is 3.26. The second-order valence-electron chi connectivity index (χ2n) is 7.61. The van der Waals surface area contributed by atoms with Crippen molar-refractivity contribution in [3.8, 4) is 5.88 Å². The summed E-state index contributed by atoms with van der Waals surface area (Å²) in [6, 6.07) is 3.76. The van der Waals surface area contributed by atoms with E-state index < -0.39 is 0 Å². The van der Waals surface area contributed by atoms with Crippen LogP contribution in [0.3, 0.4) is 0 Å². The maximum absolute atomic E-state index is 13.0. The molecule has 1 amide bonds. The summed E-state index contributed by atoms with van der Waals surface area (Å²) in [5.41, 5.74) is 4.70. The molecule has 160 valence electrons. The highest BCUT2D eigenvalue weighted by molar-refractivity contribution is 5.95. The van der Waals surface area contributed by atoms with Gasteiger partial charge in [0.2, 0.25) is 5.65 Å². The number of nitrogens with zero attached hydrogens (tertiary/aromatic N) is 6. The zero-order valence-electron chi connectivity index (χ0n) is 17.6. The van der Waals surface area contributed by atoms with Crippen molar-refractivity contribution in [1.82, 2.24) is 34.7 Å². The lowest BCUT2D eigenvalue weighted by Gasteiger charge is -2.17. The fraction of sp³-hybridized carbons (Fsp3) is 0.350. The molecule has 0 saturated heterocycles. The standard InChI is InChI=1S/C20H22N8O3/c1-10-8-31-9-12-5-13(16-14(6-12)27(3)26-25-16)23-15-7-28-17(19(29)21-10)11(2)22-18(28)20(24-15)30-4/h5-7,10,23H,8-9H2,1-4H3,(H,21,29)/t10-/m1/s1. The number of amides is 1. The Bertz CT molecular complexity index is 1330. The van der Waals surface area contributed by atoms with E-state index in [1.54, 1.807) is 22.2 Å². The normalized spacial score (nSPS) is 16.9. The molecule has 5 rings (SSSR count). The van der Waals surface area contributed by atoms with Crippen LogP contribution < -0.4 is 15.4 Å². The first-order valence-corrected chi connectivity index (χ1v) is 9.86. The summed E-state index contributed by atoms with van der Waals surface area (Å²) in [6.45, 7) is 4.42. The van der Waals surface area contributed by atoms with Gasteiger partial charge in [-0.3, -0.25) is 9.20 Å². The number of hydrogen-bond acceptors (Lipinski definition) is 8. The molecule has 1 aliphatic rings. The summed E-state index contributed by atoms with van der Waals surface area (Å²) in [5.74, 6) is 0.542. The first-order valence-electron chi connectivity index (χ1n) is 9.86. The van der Waals surface area contributed by atoms with Crippen LogP contribution in [0.4, 0.5) is 11.5 Å². The van der Waals surface area contributed by atoms with Crippen LogP contribution in [0.25, 0.3) is 16.7 Å². The molecule has 11 nitrogen and oxygen atoms in total. The van der Waals surface area contributed by atoms with Gasteiger partial charge in [0.05, 0.1) is 43.4 Å². The van der Waals surface area contributed by atoms with Gasteiger partial charge in [-0.25, -0.2) is 9.67 Å². The number of aromatic nitrogens is 6. The Kier molecular flexibility index (Phi) is 4.47. The van der Waals surface area contributed by atoms with Crippen LogP contribution >= 0.6 is 0 Å². The first-order chi connectivity index (χ1) is 14.9. The predicted octanol–water partition coefficient (Wildman–Crippen LogP) is 1.72. The van der Waals surface area contributed by atoms with E-state index in [1.807, 2.05) is 26.1 Å². The Hall–Kier alpha value is -3.73. The van der Waals surface area contributed by atoms with Crippen molar-refractivity contribution >= 4 is 34.1 Å². The van der Waals surface area contributed by atoms with Crippen LogP contribution in [0.15, 0.2) is 18.3 Å². The molecule has 4 heterocycles. The largest absolute Gasteiger partial charge is 0.478 e. The summed E-state index contributed by atoms with van der Waals surface area (Å²) in [7, 11) is 3.36. The van der Waals surface area contributed by atoms with Crippen molar-refractivity contribution in [2.45, 2.75) is 26.5 Å². The van der Waals surface area contributed by atoms with Gasteiger partial charge in [-0.15, -0.1) is 5.10 Å². The van der Waals surface area contributed by atoms with Gasteiger partial charge in [0.15, 0.2) is 5.82 Å². The van der Waals surface area contributed by atoms with Crippen LogP contribution in [0.2, 0.25) is 0 Å². The molecule has 0 spiro atoms. The van der Waals surface area contributed by atoms with Crippen molar-refractivity contribution < 1.29 is 14.3 Å². The molecule has 4 aromatic rings. The smallest absolute Gasteiger partial charge is 0.270 e. The Balaban J connectivity index is 1.75. The number of aryl methyl sites for hydroxylation is 2. The van der Waals surface area contributed by atoms with Crippen LogP contribution in [0.5, 0.6) is 5.88 Å². The van der Waals surface area contributed by atoms with E-state index in [9.17, 15) is 4.79 Å². The van der Waals surface area contributed by atoms with Gasteiger partial charge >= 0.3 is 0 Å². The second kappa shape index (κ2) is 7.20. The number of hydrogen-bond donors (Lipinski definition) is 2. The summed E-state index contributed by atoms with van der Waals surface area (Å²) in [5, 5.41) is 14.7. The number of fused-ring (bicyclic) bond motifs is 5. The molecule has 0 radical (unpaired) electrons. The SMILES string of the molecule is COc1nc2cn3c(c(C)nc13)C(=O)N[C@H](C)COCc1cc(c3nnn(C)c3c1)N2. The molecule has 11 heteroatoms. The Morgan fingerprint density at radius 3 is 2.94 bits per heavy atom. The van der Waals surface area contributed by atoms with Gasteiger partial charge in [0, 0.05) is 13.1 Å². The third-order valence-corrected chi connectivity index (χ3v) is 5.21. The van der Waals surface area contributed by atoms with Gasteiger partial charge < -0.3 is 20.1 Å². The number of carbonyl (C=O) groups is 1. The molecule has 2 N–H and O–H groups in total. The summed E-state index contributed by atoms with van der Waals surface area (Å²) >= 11 is 0. The summed E-state index contributed by atoms with van der Waals surface area (Å²) < 4.78 is 14.7. The highest BCUT2D eigenvalue weighted by atomic mass is 16.5. The molecule has 1 aliphatic heterocycles. The van der Waals surface area contributed by atoms with Crippen LogP contribution in [0.1, 0.15) is 28.7 Å². The zero-order chi connectivity index (χ0) is 21.7. The Morgan fingerprint density at radius 2 is 2.13 bits per heavy atom. The van der Waals surface area contributed by atoms with E-state index in [0.717, 1.165) is 16.8 Å². The van der Waals surface area contributed by atoms with Crippen molar-refractivity contribution in [2.75, 3.05) is 19.0 Å². The minimum atomic E-state index is -0.243. The lowest BCUT2D eigenvalue weighted by molar-refractivity contribution is 0.0815. The van der Waals surface area contributed by atoms with E-state index in [2.05, 4.69) is 30.9 Å². The molecule has 0 aliphatic carbocycles. The van der Waals surface area contributed by atoms with Gasteiger partial charge in [-0.1, -0.05) is 5.21 Å². The monoisotopic (exact) mass is 422 g/mol. The lowest BCUT2D eigenvalue weighted by atomic mass is 10.1. The summed E-state index contributed by atoms with van der Waals surface area (Å²) in [6.07, 6.45) is 1.73. The Morgan fingerprint density at radius 1 is 1.29 bits per heavy atom. The number of rotatable bonds is 1. The van der Waals surface area contributed by atoms with Gasteiger partial charge in [0.25, 0.3) is 11.8 Å². The number of nitrogens with one attached hydrogen (secondary N) is 2. The molecule has 0 saturated carbocycles. The number of ether oxygens (including phenoxy) is 2. The molecule has 0 fully saturated rings. The first kappa shape index (κ1) is 19.2. The number of imidazole rings is 1. The molecule has 1 atom stereocenters. The number of anilines is 2. The molecular weight excluding hydrogens is 400 g/mol. The molecule has 3 aromatic heterocycles. The van der Waals surface area contributed by atoms with E-state index >= 15 is 0 Å².